The van der Waals surface area contributed by atoms with E-state index >= 15 is 0 Å². The Morgan fingerprint density at radius 3 is 2.31 bits per heavy atom. The lowest BCUT2D eigenvalue weighted by Gasteiger charge is -2.06. The predicted octanol–water partition coefficient (Wildman–Crippen LogP) is -0.287. The first-order valence-electron chi connectivity index (χ1n) is 3.90. The fourth-order valence-electron chi connectivity index (χ4n) is 0.745. The van der Waals surface area contributed by atoms with E-state index in [0.717, 1.165) is 0 Å². The van der Waals surface area contributed by atoms with Crippen molar-refractivity contribution in [2.75, 3.05) is 0 Å². The lowest BCUT2D eigenvalue weighted by molar-refractivity contribution is -0.132. The summed E-state index contributed by atoms with van der Waals surface area (Å²) in [6, 6.07) is -0.0591. The van der Waals surface area contributed by atoms with Crippen LogP contribution in [0.2, 0.25) is 6.04 Å². The molecule has 0 saturated carbocycles. The maximum absolute atomic E-state index is 10.3. The standard InChI is InChI=1S/C7H14O5Si/c1-6(7(8)9)4-2-3-5-13(10,11)12/h4,10-12H,2-3,5H2,1H3,(H,8,9). The SMILES string of the molecule is CC(=CCCC[Si](O)(O)O)C(=O)O. The second kappa shape index (κ2) is 5.13. The minimum Gasteiger partial charge on any atom is -0.478 e. The number of allylic oxidation sites excluding steroid dienone is 1. The first-order valence-corrected chi connectivity index (χ1v) is 5.95. The molecule has 0 aromatic carbocycles. The van der Waals surface area contributed by atoms with Gasteiger partial charge in [0, 0.05) is 11.6 Å². The average Bonchev–Trinajstić information content (AvgIpc) is 1.95. The van der Waals surface area contributed by atoms with Gasteiger partial charge in [0.15, 0.2) is 0 Å². The third-order valence-electron chi connectivity index (χ3n) is 1.50. The number of carboxylic acid groups (broad SMARTS) is 1. The topological polar surface area (TPSA) is 98.0 Å². The van der Waals surface area contributed by atoms with E-state index in [1.807, 2.05) is 0 Å². The number of rotatable bonds is 5. The van der Waals surface area contributed by atoms with Crippen molar-refractivity contribution in [1.29, 1.82) is 0 Å². The van der Waals surface area contributed by atoms with Crippen molar-refractivity contribution in [3.05, 3.63) is 11.6 Å². The molecule has 0 aliphatic rings. The summed E-state index contributed by atoms with van der Waals surface area (Å²) in [5, 5.41) is 8.43. The highest BCUT2D eigenvalue weighted by atomic mass is 28.4. The maximum Gasteiger partial charge on any atom is 0.492 e. The van der Waals surface area contributed by atoms with Gasteiger partial charge in [0.05, 0.1) is 0 Å². The second-order valence-corrected chi connectivity index (χ2v) is 4.91. The fraction of sp³-hybridized carbons (Fsp3) is 0.571. The Kier molecular flexibility index (Phi) is 4.85. The Morgan fingerprint density at radius 1 is 1.38 bits per heavy atom. The van der Waals surface area contributed by atoms with Crippen molar-refractivity contribution in [2.24, 2.45) is 0 Å². The molecule has 0 aliphatic carbocycles. The van der Waals surface area contributed by atoms with Crippen LogP contribution in [0.3, 0.4) is 0 Å². The predicted molar refractivity (Wildman–Crippen MR) is 47.8 cm³/mol. The maximum atomic E-state index is 10.3. The molecule has 0 aromatic heterocycles. The van der Waals surface area contributed by atoms with E-state index in [1.54, 1.807) is 0 Å². The largest absolute Gasteiger partial charge is 0.492 e. The van der Waals surface area contributed by atoms with Crippen molar-refractivity contribution in [3.8, 4) is 0 Å². The average molecular weight is 206 g/mol. The van der Waals surface area contributed by atoms with E-state index in [-0.39, 0.29) is 11.6 Å². The van der Waals surface area contributed by atoms with Crippen LogP contribution in [0.15, 0.2) is 11.6 Å². The first kappa shape index (κ1) is 12.3. The van der Waals surface area contributed by atoms with Gasteiger partial charge < -0.3 is 19.5 Å². The van der Waals surface area contributed by atoms with Crippen LogP contribution in [0.4, 0.5) is 0 Å². The molecule has 76 valence electrons. The van der Waals surface area contributed by atoms with Crippen LogP contribution in [-0.2, 0) is 4.79 Å². The van der Waals surface area contributed by atoms with Crippen molar-refractivity contribution < 1.29 is 24.3 Å². The lowest BCUT2D eigenvalue weighted by Crippen LogP contribution is -2.33. The molecule has 5 nitrogen and oxygen atoms in total. The summed E-state index contributed by atoms with van der Waals surface area (Å²) in [6.45, 7) is 1.46. The highest BCUT2D eigenvalue weighted by Gasteiger charge is 2.25. The summed E-state index contributed by atoms with van der Waals surface area (Å²) in [7, 11) is -3.93. The van der Waals surface area contributed by atoms with Crippen LogP contribution in [0.5, 0.6) is 0 Å². The number of carboxylic acids is 1. The van der Waals surface area contributed by atoms with E-state index in [0.29, 0.717) is 12.8 Å². The molecule has 0 unspecified atom stereocenters. The molecule has 0 saturated heterocycles. The minimum absolute atomic E-state index is 0.0591. The molecule has 0 rings (SSSR count). The van der Waals surface area contributed by atoms with Crippen LogP contribution >= 0.6 is 0 Å². The fourth-order valence-corrected chi connectivity index (χ4v) is 1.42. The minimum atomic E-state index is -3.93. The van der Waals surface area contributed by atoms with Gasteiger partial charge >= 0.3 is 14.8 Å². The molecule has 0 heterocycles. The molecule has 0 amide bonds. The third kappa shape index (κ3) is 7.66. The molecule has 0 aliphatic heterocycles. The summed E-state index contributed by atoms with van der Waals surface area (Å²) in [5.74, 6) is -0.986. The summed E-state index contributed by atoms with van der Waals surface area (Å²) in [6.07, 6.45) is 2.29. The summed E-state index contributed by atoms with van der Waals surface area (Å²) in [4.78, 5) is 36.1. The van der Waals surface area contributed by atoms with Crippen molar-refractivity contribution >= 4 is 14.8 Å². The van der Waals surface area contributed by atoms with E-state index < -0.39 is 14.8 Å². The Balaban J connectivity index is 3.68. The highest BCUT2D eigenvalue weighted by molar-refractivity contribution is 6.56. The van der Waals surface area contributed by atoms with Crippen LogP contribution in [0.25, 0.3) is 0 Å². The van der Waals surface area contributed by atoms with Crippen LogP contribution in [-0.4, -0.2) is 34.3 Å². The summed E-state index contributed by atoms with van der Waals surface area (Å²) < 4.78 is 0. The zero-order valence-electron chi connectivity index (χ0n) is 7.40. The Labute approximate surface area is 77.3 Å². The molecule has 0 bridgehead atoms. The van der Waals surface area contributed by atoms with Crippen LogP contribution < -0.4 is 0 Å². The Hall–Kier alpha value is -0.693. The van der Waals surface area contributed by atoms with E-state index in [9.17, 15) is 4.79 Å². The molecular weight excluding hydrogens is 192 g/mol. The Morgan fingerprint density at radius 2 is 1.92 bits per heavy atom. The van der Waals surface area contributed by atoms with Gasteiger partial charge in [-0.1, -0.05) is 6.08 Å². The van der Waals surface area contributed by atoms with Gasteiger partial charge in [-0.3, -0.25) is 0 Å². The molecule has 13 heavy (non-hydrogen) atoms. The lowest BCUT2D eigenvalue weighted by atomic mass is 10.2. The number of unbranched alkanes of at least 4 members (excludes halogenated alkanes) is 1. The molecule has 0 radical (unpaired) electrons. The Bertz CT molecular complexity index is 205. The molecule has 0 spiro atoms. The summed E-state index contributed by atoms with van der Waals surface area (Å²) in [5.41, 5.74) is 0.223. The highest BCUT2D eigenvalue weighted by Crippen LogP contribution is 2.06. The number of aliphatic carboxylic acids is 1. The third-order valence-corrected chi connectivity index (χ3v) is 2.53. The van der Waals surface area contributed by atoms with Gasteiger partial charge in [-0.15, -0.1) is 0 Å². The molecule has 0 fully saturated rings. The van der Waals surface area contributed by atoms with Crippen LogP contribution in [0.1, 0.15) is 19.8 Å². The summed E-state index contributed by atoms with van der Waals surface area (Å²) >= 11 is 0. The van der Waals surface area contributed by atoms with E-state index in [4.69, 9.17) is 19.5 Å². The first-order chi connectivity index (χ1) is 5.83. The van der Waals surface area contributed by atoms with E-state index in [1.165, 1.54) is 13.0 Å². The molecule has 0 atom stereocenters. The van der Waals surface area contributed by atoms with Gasteiger partial charge in [-0.2, -0.15) is 0 Å². The van der Waals surface area contributed by atoms with Gasteiger partial charge in [-0.25, -0.2) is 4.79 Å². The van der Waals surface area contributed by atoms with E-state index in [2.05, 4.69) is 0 Å². The second-order valence-electron chi connectivity index (χ2n) is 2.86. The van der Waals surface area contributed by atoms with Gasteiger partial charge in [0.1, 0.15) is 0 Å². The van der Waals surface area contributed by atoms with Crippen molar-refractivity contribution in [3.63, 3.8) is 0 Å². The zero-order chi connectivity index (χ0) is 10.5. The zero-order valence-corrected chi connectivity index (χ0v) is 8.40. The van der Waals surface area contributed by atoms with Gasteiger partial charge in [0.2, 0.25) is 0 Å². The molecule has 6 heteroatoms. The molecule has 4 N–H and O–H groups in total. The van der Waals surface area contributed by atoms with Gasteiger partial charge in [0.25, 0.3) is 0 Å². The number of carbonyl (C=O) groups is 1. The number of hydrogen-bond acceptors (Lipinski definition) is 4. The van der Waals surface area contributed by atoms with Gasteiger partial charge in [-0.05, 0) is 19.8 Å². The molecular formula is C7H14O5Si. The van der Waals surface area contributed by atoms with Crippen LogP contribution in [0, 0.1) is 0 Å². The molecule has 0 aromatic rings. The monoisotopic (exact) mass is 206 g/mol. The number of hydrogen-bond donors (Lipinski definition) is 4. The normalized spacial score (nSPS) is 13.1. The smallest absolute Gasteiger partial charge is 0.478 e. The van der Waals surface area contributed by atoms with Crippen molar-refractivity contribution in [2.45, 2.75) is 25.8 Å². The quantitative estimate of drug-likeness (QED) is 0.281. The van der Waals surface area contributed by atoms with Crippen molar-refractivity contribution in [1.82, 2.24) is 0 Å².